The van der Waals surface area contributed by atoms with Gasteiger partial charge in [0.2, 0.25) is 5.91 Å². The van der Waals surface area contributed by atoms with Crippen molar-refractivity contribution in [3.63, 3.8) is 0 Å². The van der Waals surface area contributed by atoms with E-state index in [9.17, 15) is 4.79 Å². The van der Waals surface area contributed by atoms with Gasteiger partial charge in [-0.25, -0.2) is 0 Å². The largest absolute Gasteiger partial charge is 0.378 e. The standard InChI is InChI=1S/C10H18BrNO2/c11-5-1-2-6-12-10(13)8-9-4-3-7-14-9/h9H,1-8H2,(H,12,13). The maximum atomic E-state index is 11.4. The first-order chi connectivity index (χ1) is 6.83. The molecule has 1 N–H and O–H groups in total. The third kappa shape index (κ3) is 4.96. The molecule has 1 saturated heterocycles. The number of carbonyl (C=O) groups excluding carboxylic acids is 1. The SMILES string of the molecule is O=C(CC1CCCO1)NCCCCBr. The Morgan fingerprint density at radius 3 is 3.00 bits per heavy atom. The Morgan fingerprint density at radius 2 is 2.36 bits per heavy atom. The van der Waals surface area contributed by atoms with Crippen LogP contribution in [0.4, 0.5) is 0 Å². The number of hydrogen-bond donors (Lipinski definition) is 1. The Morgan fingerprint density at radius 1 is 1.50 bits per heavy atom. The molecule has 0 aromatic rings. The van der Waals surface area contributed by atoms with E-state index in [-0.39, 0.29) is 12.0 Å². The van der Waals surface area contributed by atoms with E-state index < -0.39 is 0 Å². The van der Waals surface area contributed by atoms with Crippen LogP contribution in [0.1, 0.15) is 32.1 Å². The molecule has 1 amide bonds. The number of rotatable bonds is 6. The second-order valence-electron chi connectivity index (χ2n) is 3.59. The highest BCUT2D eigenvalue weighted by Gasteiger charge is 2.18. The lowest BCUT2D eigenvalue weighted by Crippen LogP contribution is -2.28. The third-order valence-corrected chi connectivity index (χ3v) is 2.88. The maximum Gasteiger partial charge on any atom is 0.222 e. The van der Waals surface area contributed by atoms with Crippen LogP contribution in [0, 0.1) is 0 Å². The summed E-state index contributed by atoms with van der Waals surface area (Å²) in [5.74, 6) is 0.131. The lowest BCUT2D eigenvalue weighted by molar-refractivity contribution is -0.123. The smallest absolute Gasteiger partial charge is 0.222 e. The van der Waals surface area contributed by atoms with Crippen molar-refractivity contribution in [2.75, 3.05) is 18.5 Å². The highest BCUT2D eigenvalue weighted by molar-refractivity contribution is 9.09. The van der Waals surface area contributed by atoms with Crippen molar-refractivity contribution in [3.8, 4) is 0 Å². The fourth-order valence-corrected chi connectivity index (χ4v) is 1.93. The number of halogens is 1. The number of amides is 1. The quantitative estimate of drug-likeness (QED) is 0.587. The van der Waals surface area contributed by atoms with Crippen molar-refractivity contribution < 1.29 is 9.53 Å². The minimum Gasteiger partial charge on any atom is -0.378 e. The summed E-state index contributed by atoms with van der Waals surface area (Å²) in [4.78, 5) is 11.4. The highest BCUT2D eigenvalue weighted by Crippen LogP contribution is 2.14. The molecule has 4 heteroatoms. The normalized spacial score (nSPS) is 21.1. The Hall–Kier alpha value is -0.0900. The van der Waals surface area contributed by atoms with Gasteiger partial charge in [0.15, 0.2) is 0 Å². The van der Waals surface area contributed by atoms with Gasteiger partial charge in [0.1, 0.15) is 0 Å². The monoisotopic (exact) mass is 263 g/mol. The first-order valence-electron chi connectivity index (χ1n) is 5.27. The maximum absolute atomic E-state index is 11.4. The van der Waals surface area contributed by atoms with Crippen molar-refractivity contribution in [1.29, 1.82) is 0 Å². The molecular formula is C10H18BrNO2. The second-order valence-corrected chi connectivity index (χ2v) is 4.38. The Bertz CT molecular complexity index is 170. The lowest BCUT2D eigenvalue weighted by atomic mass is 10.2. The van der Waals surface area contributed by atoms with Crippen LogP contribution in [0.25, 0.3) is 0 Å². The van der Waals surface area contributed by atoms with Crippen molar-refractivity contribution in [3.05, 3.63) is 0 Å². The third-order valence-electron chi connectivity index (χ3n) is 2.32. The van der Waals surface area contributed by atoms with E-state index in [1.807, 2.05) is 0 Å². The zero-order valence-electron chi connectivity index (χ0n) is 8.43. The predicted molar refractivity (Wildman–Crippen MR) is 59.6 cm³/mol. The van der Waals surface area contributed by atoms with Gasteiger partial charge >= 0.3 is 0 Å². The van der Waals surface area contributed by atoms with Crippen LogP contribution in [0.2, 0.25) is 0 Å². The van der Waals surface area contributed by atoms with Crippen LogP contribution >= 0.6 is 15.9 Å². The molecule has 1 atom stereocenters. The number of hydrogen-bond acceptors (Lipinski definition) is 2. The molecule has 0 radical (unpaired) electrons. The van der Waals surface area contributed by atoms with E-state index in [0.717, 1.165) is 44.2 Å². The van der Waals surface area contributed by atoms with Gasteiger partial charge in [-0.05, 0) is 25.7 Å². The highest BCUT2D eigenvalue weighted by atomic mass is 79.9. The van der Waals surface area contributed by atoms with Crippen LogP contribution < -0.4 is 5.32 Å². The van der Waals surface area contributed by atoms with Crippen molar-refractivity contribution >= 4 is 21.8 Å². The number of alkyl halides is 1. The molecule has 3 nitrogen and oxygen atoms in total. The molecule has 14 heavy (non-hydrogen) atoms. The van der Waals surface area contributed by atoms with E-state index in [2.05, 4.69) is 21.2 Å². The minimum absolute atomic E-state index is 0.131. The summed E-state index contributed by atoms with van der Waals surface area (Å²) in [6.45, 7) is 1.61. The molecule has 0 aliphatic carbocycles. The van der Waals surface area contributed by atoms with E-state index in [4.69, 9.17) is 4.74 Å². The van der Waals surface area contributed by atoms with Crippen LogP contribution in [0.5, 0.6) is 0 Å². The van der Waals surface area contributed by atoms with Crippen molar-refractivity contribution in [2.45, 2.75) is 38.2 Å². The molecule has 1 fully saturated rings. The topological polar surface area (TPSA) is 38.3 Å². The van der Waals surface area contributed by atoms with Crippen molar-refractivity contribution in [2.24, 2.45) is 0 Å². The van der Waals surface area contributed by atoms with Crippen molar-refractivity contribution in [1.82, 2.24) is 5.32 Å². The Kier molecular flexibility index (Phi) is 6.19. The van der Waals surface area contributed by atoms with Gasteiger partial charge in [-0.3, -0.25) is 4.79 Å². The number of ether oxygens (including phenoxy) is 1. The average Bonchev–Trinajstić information content (AvgIpc) is 2.65. The van der Waals surface area contributed by atoms with E-state index >= 15 is 0 Å². The summed E-state index contributed by atoms with van der Waals surface area (Å²) in [6, 6.07) is 0. The summed E-state index contributed by atoms with van der Waals surface area (Å²) in [5, 5.41) is 3.91. The van der Waals surface area contributed by atoms with Gasteiger partial charge < -0.3 is 10.1 Å². The summed E-state index contributed by atoms with van der Waals surface area (Å²) >= 11 is 3.35. The fourth-order valence-electron chi connectivity index (χ4n) is 1.53. The number of carbonyl (C=O) groups is 1. The van der Waals surface area contributed by atoms with Gasteiger partial charge in [-0.1, -0.05) is 15.9 Å². The van der Waals surface area contributed by atoms with Gasteiger partial charge in [0.25, 0.3) is 0 Å². The fraction of sp³-hybridized carbons (Fsp3) is 0.900. The number of unbranched alkanes of at least 4 members (excludes halogenated alkanes) is 1. The summed E-state index contributed by atoms with van der Waals surface area (Å²) in [6.07, 6.45) is 5.00. The minimum atomic E-state index is 0.131. The second kappa shape index (κ2) is 7.23. The molecule has 1 rings (SSSR count). The van der Waals surface area contributed by atoms with Gasteiger partial charge in [0, 0.05) is 18.5 Å². The first kappa shape index (κ1) is 12.0. The molecule has 1 heterocycles. The molecular weight excluding hydrogens is 246 g/mol. The summed E-state index contributed by atoms with van der Waals surface area (Å²) in [5.41, 5.74) is 0. The Labute approximate surface area is 93.7 Å². The van der Waals surface area contributed by atoms with Crippen LogP contribution in [-0.2, 0) is 9.53 Å². The zero-order chi connectivity index (χ0) is 10.2. The van der Waals surface area contributed by atoms with E-state index in [0.29, 0.717) is 6.42 Å². The van der Waals surface area contributed by atoms with Crippen LogP contribution in [-0.4, -0.2) is 30.5 Å². The van der Waals surface area contributed by atoms with E-state index in [1.165, 1.54) is 0 Å². The molecule has 0 bridgehead atoms. The molecule has 1 aliphatic heterocycles. The van der Waals surface area contributed by atoms with Crippen LogP contribution in [0.3, 0.4) is 0 Å². The summed E-state index contributed by atoms with van der Waals surface area (Å²) < 4.78 is 5.38. The molecule has 0 aromatic heterocycles. The molecule has 82 valence electrons. The molecule has 0 aromatic carbocycles. The van der Waals surface area contributed by atoms with Gasteiger partial charge in [0.05, 0.1) is 12.5 Å². The Balaban J connectivity index is 1.98. The van der Waals surface area contributed by atoms with Gasteiger partial charge in [-0.15, -0.1) is 0 Å². The predicted octanol–water partition coefficient (Wildman–Crippen LogP) is 1.85. The molecule has 0 spiro atoms. The zero-order valence-corrected chi connectivity index (χ0v) is 10.0. The number of nitrogens with one attached hydrogen (secondary N) is 1. The first-order valence-corrected chi connectivity index (χ1v) is 6.39. The molecule has 1 aliphatic rings. The van der Waals surface area contributed by atoms with Crippen LogP contribution in [0.15, 0.2) is 0 Å². The lowest BCUT2D eigenvalue weighted by Gasteiger charge is -2.09. The summed E-state index contributed by atoms with van der Waals surface area (Å²) in [7, 11) is 0. The van der Waals surface area contributed by atoms with Gasteiger partial charge in [-0.2, -0.15) is 0 Å². The molecule has 0 saturated carbocycles. The molecule has 1 unspecified atom stereocenters. The average molecular weight is 264 g/mol. The van der Waals surface area contributed by atoms with E-state index in [1.54, 1.807) is 0 Å².